The summed E-state index contributed by atoms with van der Waals surface area (Å²) in [4.78, 5) is 15.6. The third-order valence-corrected chi connectivity index (χ3v) is 4.27. The molecule has 0 aliphatic heterocycles. The lowest BCUT2D eigenvalue weighted by Crippen LogP contribution is -2.26. The van der Waals surface area contributed by atoms with Crippen LogP contribution in [-0.2, 0) is 0 Å². The van der Waals surface area contributed by atoms with Gasteiger partial charge in [0.25, 0.3) is 5.56 Å². The summed E-state index contributed by atoms with van der Waals surface area (Å²) in [6, 6.07) is 4.18. The molecule has 0 aromatic carbocycles. The second-order valence-corrected chi connectivity index (χ2v) is 5.76. The molecule has 6 heteroatoms. The maximum atomic E-state index is 12.0. The third-order valence-electron chi connectivity index (χ3n) is 3.40. The predicted molar refractivity (Wildman–Crippen MR) is 76.5 cm³/mol. The van der Waals surface area contributed by atoms with E-state index in [1.165, 1.54) is 30.6 Å². The molecule has 0 atom stereocenters. The van der Waals surface area contributed by atoms with Crippen LogP contribution >= 0.6 is 11.3 Å². The summed E-state index contributed by atoms with van der Waals surface area (Å²) in [6.07, 6.45) is 6.05. The molecule has 1 fully saturated rings. The van der Waals surface area contributed by atoms with Gasteiger partial charge in [-0.15, -0.1) is 21.5 Å². The quantitative estimate of drug-likeness (QED) is 0.904. The Hall–Kier alpha value is -1.69. The number of hydrogen-bond donors (Lipinski definition) is 2. The topological polar surface area (TPSA) is 70.7 Å². The van der Waals surface area contributed by atoms with E-state index in [1.54, 1.807) is 0 Å². The maximum Gasteiger partial charge on any atom is 0.279 e. The summed E-state index contributed by atoms with van der Waals surface area (Å²) in [6.45, 7) is 0. The van der Waals surface area contributed by atoms with Gasteiger partial charge in [0.2, 0.25) is 5.95 Å². The summed E-state index contributed by atoms with van der Waals surface area (Å²) >= 11 is 1.49. The monoisotopic (exact) mass is 276 g/mol. The number of aromatic amines is 1. The van der Waals surface area contributed by atoms with Crippen LogP contribution < -0.4 is 10.9 Å². The Morgan fingerprint density at radius 1 is 1.26 bits per heavy atom. The Balaban J connectivity index is 1.77. The largest absolute Gasteiger partial charge is 0.352 e. The summed E-state index contributed by atoms with van der Waals surface area (Å²) in [5.41, 5.74) is 0.208. The molecule has 0 amide bonds. The molecule has 1 saturated carbocycles. The van der Waals surface area contributed by atoms with Crippen LogP contribution in [-0.4, -0.2) is 21.2 Å². The van der Waals surface area contributed by atoms with E-state index < -0.39 is 0 Å². The van der Waals surface area contributed by atoms with Gasteiger partial charge < -0.3 is 5.32 Å². The van der Waals surface area contributed by atoms with Crippen LogP contribution in [0.4, 0.5) is 5.95 Å². The van der Waals surface area contributed by atoms with Crippen molar-refractivity contribution in [2.45, 2.75) is 38.1 Å². The van der Waals surface area contributed by atoms with Gasteiger partial charge in [0.15, 0.2) is 5.69 Å². The molecule has 0 saturated heterocycles. The van der Waals surface area contributed by atoms with Gasteiger partial charge in [-0.3, -0.25) is 9.78 Å². The number of nitrogens with one attached hydrogen (secondary N) is 2. The van der Waals surface area contributed by atoms with Crippen molar-refractivity contribution in [3.63, 3.8) is 0 Å². The zero-order chi connectivity index (χ0) is 13.1. The maximum absolute atomic E-state index is 12.0. The van der Waals surface area contributed by atoms with Crippen molar-refractivity contribution < 1.29 is 0 Å². The second-order valence-electron chi connectivity index (χ2n) is 4.81. The normalized spacial score (nSPS) is 16.4. The van der Waals surface area contributed by atoms with Crippen LogP contribution in [0.15, 0.2) is 22.3 Å². The zero-order valence-corrected chi connectivity index (χ0v) is 11.4. The highest BCUT2D eigenvalue weighted by Crippen LogP contribution is 2.21. The van der Waals surface area contributed by atoms with Gasteiger partial charge in [-0.05, 0) is 24.3 Å². The number of H-pyrrole nitrogens is 1. The third kappa shape index (κ3) is 2.84. The molecular formula is C13H16N4OS. The molecule has 1 aliphatic rings. The van der Waals surface area contributed by atoms with Gasteiger partial charge in [0.1, 0.15) is 0 Å². The van der Waals surface area contributed by atoms with E-state index in [-0.39, 0.29) is 5.56 Å². The lowest BCUT2D eigenvalue weighted by atomic mass is 9.96. The van der Waals surface area contributed by atoms with Crippen molar-refractivity contribution in [3.05, 3.63) is 27.9 Å². The van der Waals surface area contributed by atoms with Gasteiger partial charge >= 0.3 is 0 Å². The van der Waals surface area contributed by atoms with Crippen LogP contribution in [0.25, 0.3) is 10.6 Å². The van der Waals surface area contributed by atoms with Crippen molar-refractivity contribution in [2.24, 2.45) is 0 Å². The first-order valence-electron chi connectivity index (χ1n) is 6.60. The van der Waals surface area contributed by atoms with Crippen LogP contribution in [0, 0.1) is 0 Å². The first-order valence-corrected chi connectivity index (χ1v) is 7.48. The predicted octanol–water partition coefficient (Wildman–Crippen LogP) is 2.64. The first kappa shape index (κ1) is 12.3. The van der Waals surface area contributed by atoms with Gasteiger partial charge in [-0.1, -0.05) is 25.3 Å². The molecule has 0 unspecified atom stereocenters. The molecule has 2 aromatic rings. The minimum Gasteiger partial charge on any atom is -0.352 e. The molecule has 3 rings (SSSR count). The summed E-state index contributed by atoms with van der Waals surface area (Å²) in [5.74, 6) is 0.484. The molecule has 100 valence electrons. The van der Waals surface area contributed by atoms with Crippen molar-refractivity contribution in [3.8, 4) is 10.6 Å². The Kier molecular flexibility index (Phi) is 3.59. The van der Waals surface area contributed by atoms with Gasteiger partial charge in [0, 0.05) is 6.04 Å². The fraction of sp³-hybridized carbons (Fsp3) is 0.462. The molecule has 0 radical (unpaired) electrons. The first-order chi connectivity index (χ1) is 9.33. The number of rotatable bonds is 3. The number of thiophene rings is 1. The molecule has 2 N–H and O–H groups in total. The Morgan fingerprint density at radius 3 is 2.79 bits per heavy atom. The number of aromatic nitrogens is 3. The Bertz CT molecular complexity index is 587. The number of nitrogens with zero attached hydrogens (tertiary/aromatic N) is 2. The average molecular weight is 276 g/mol. The molecule has 1 aliphatic carbocycles. The van der Waals surface area contributed by atoms with Crippen LogP contribution in [0.5, 0.6) is 0 Å². The van der Waals surface area contributed by atoms with Crippen molar-refractivity contribution >= 4 is 17.3 Å². The van der Waals surface area contributed by atoms with Crippen LogP contribution in [0.1, 0.15) is 32.1 Å². The molecule has 19 heavy (non-hydrogen) atoms. The standard InChI is InChI=1S/C13H16N4OS/c18-12-11(10-7-4-8-19-10)16-17-13(15-12)14-9-5-2-1-3-6-9/h4,7-9H,1-3,5-6H2,(H2,14,15,17,18). The fourth-order valence-electron chi connectivity index (χ4n) is 2.42. The zero-order valence-electron chi connectivity index (χ0n) is 10.6. The smallest absolute Gasteiger partial charge is 0.279 e. The lowest BCUT2D eigenvalue weighted by Gasteiger charge is -2.22. The van der Waals surface area contributed by atoms with Gasteiger partial charge in [-0.2, -0.15) is 0 Å². The van der Waals surface area contributed by atoms with E-state index in [0.717, 1.165) is 17.7 Å². The van der Waals surface area contributed by atoms with E-state index in [1.807, 2.05) is 17.5 Å². The molecular weight excluding hydrogens is 260 g/mol. The van der Waals surface area contributed by atoms with E-state index in [9.17, 15) is 4.79 Å². The fourth-order valence-corrected chi connectivity index (χ4v) is 3.12. The highest BCUT2D eigenvalue weighted by molar-refractivity contribution is 7.13. The molecule has 2 heterocycles. The minimum absolute atomic E-state index is 0.184. The SMILES string of the molecule is O=c1[nH]c(NC2CCCCC2)nnc1-c1cccs1. The number of hydrogen-bond acceptors (Lipinski definition) is 5. The van der Waals surface area contributed by atoms with E-state index in [4.69, 9.17) is 0 Å². The van der Waals surface area contributed by atoms with Gasteiger partial charge in [0.05, 0.1) is 4.88 Å². The van der Waals surface area contributed by atoms with E-state index >= 15 is 0 Å². The average Bonchev–Trinajstić information content (AvgIpc) is 2.94. The second kappa shape index (κ2) is 5.52. The highest BCUT2D eigenvalue weighted by atomic mass is 32.1. The van der Waals surface area contributed by atoms with Crippen LogP contribution in [0.3, 0.4) is 0 Å². The van der Waals surface area contributed by atoms with Crippen molar-refractivity contribution in [2.75, 3.05) is 5.32 Å². The summed E-state index contributed by atoms with van der Waals surface area (Å²) in [7, 11) is 0. The molecule has 0 bridgehead atoms. The Labute approximate surface area is 115 Å². The van der Waals surface area contributed by atoms with Crippen molar-refractivity contribution in [1.82, 2.24) is 15.2 Å². The van der Waals surface area contributed by atoms with Crippen LogP contribution in [0.2, 0.25) is 0 Å². The lowest BCUT2D eigenvalue weighted by molar-refractivity contribution is 0.460. The van der Waals surface area contributed by atoms with Gasteiger partial charge in [-0.25, -0.2) is 0 Å². The summed E-state index contributed by atoms with van der Waals surface area (Å²) < 4.78 is 0. The van der Waals surface area contributed by atoms with E-state index in [2.05, 4.69) is 20.5 Å². The van der Waals surface area contributed by atoms with E-state index in [0.29, 0.717) is 17.7 Å². The highest BCUT2D eigenvalue weighted by Gasteiger charge is 2.15. The molecule has 2 aromatic heterocycles. The molecule has 5 nitrogen and oxygen atoms in total. The number of anilines is 1. The summed E-state index contributed by atoms with van der Waals surface area (Å²) in [5, 5.41) is 13.3. The Morgan fingerprint density at radius 2 is 2.11 bits per heavy atom. The molecule has 0 spiro atoms. The minimum atomic E-state index is -0.184. The van der Waals surface area contributed by atoms with Crippen molar-refractivity contribution in [1.29, 1.82) is 0 Å².